The summed E-state index contributed by atoms with van der Waals surface area (Å²) in [5.74, 6) is 0.213. The van der Waals surface area contributed by atoms with Crippen LogP contribution in [0.15, 0.2) is 34.0 Å². The van der Waals surface area contributed by atoms with E-state index in [9.17, 15) is 13.2 Å². The molecule has 0 saturated carbocycles. The van der Waals surface area contributed by atoms with Gasteiger partial charge in [-0.25, -0.2) is 0 Å². The maximum absolute atomic E-state index is 13.8. The number of benzene rings is 1. The van der Waals surface area contributed by atoms with Crippen LogP contribution in [0.3, 0.4) is 0 Å². The maximum atomic E-state index is 13.8. The number of alkyl halides is 3. The van der Waals surface area contributed by atoms with Gasteiger partial charge in [0.05, 0.1) is 27.8 Å². The molecule has 1 aromatic heterocycles. The fraction of sp³-hybridized carbons (Fsp3) is 0.267. The molecule has 1 atom stereocenters. The lowest BCUT2D eigenvalue weighted by molar-refractivity contribution is -0.275. The molecule has 24 heavy (non-hydrogen) atoms. The number of furan rings is 1. The fourth-order valence-corrected chi connectivity index (χ4v) is 3.00. The van der Waals surface area contributed by atoms with Crippen LogP contribution in [0.1, 0.15) is 23.3 Å². The molecule has 0 spiro atoms. The van der Waals surface area contributed by atoms with Gasteiger partial charge in [-0.3, -0.25) is 0 Å². The lowest BCUT2D eigenvalue weighted by Gasteiger charge is -2.29. The molecule has 2 aromatic rings. The van der Waals surface area contributed by atoms with Crippen molar-refractivity contribution >= 4 is 40.5 Å². The quantitative estimate of drug-likeness (QED) is 0.570. The van der Waals surface area contributed by atoms with E-state index in [-0.39, 0.29) is 32.1 Å². The van der Waals surface area contributed by atoms with Crippen LogP contribution in [0.5, 0.6) is 0 Å². The smallest absolute Gasteiger partial charge is 0.435 e. The molecule has 0 radical (unpaired) electrons. The highest BCUT2D eigenvalue weighted by molar-refractivity contribution is 6.48. The van der Waals surface area contributed by atoms with Crippen LogP contribution in [0.4, 0.5) is 13.2 Å². The first kappa shape index (κ1) is 17.5. The first-order chi connectivity index (χ1) is 11.1. The van der Waals surface area contributed by atoms with E-state index in [1.807, 2.05) is 0 Å². The number of hydrogen-bond donors (Lipinski definition) is 0. The predicted octanol–water partition coefficient (Wildman–Crippen LogP) is 6.13. The van der Waals surface area contributed by atoms with E-state index in [2.05, 4.69) is 5.16 Å². The van der Waals surface area contributed by atoms with Crippen LogP contribution in [0, 0.1) is 6.92 Å². The van der Waals surface area contributed by atoms with E-state index in [4.69, 9.17) is 44.1 Å². The first-order valence-corrected chi connectivity index (χ1v) is 7.80. The summed E-state index contributed by atoms with van der Waals surface area (Å²) in [6, 6.07) is 3.74. The highest BCUT2D eigenvalue weighted by Gasteiger charge is 2.62. The Hall–Kier alpha value is -1.37. The fourth-order valence-electron chi connectivity index (χ4n) is 2.41. The average Bonchev–Trinajstić information content (AvgIpc) is 3.10. The Bertz CT molecular complexity index is 809. The number of halogens is 6. The minimum absolute atomic E-state index is 0.0276. The summed E-state index contributed by atoms with van der Waals surface area (Å²) in [4.78, 5) is 4.86. The van der Waals surface area contributed by atoms with E-state index >= 15 is 0 Å². The lowest BCUT2D eigenvalue weighted by Crippen LogP contribution is -2.42. The number of aryl methyl sites for hydroxylation is 1. The van der Waals surface area contributed by atoms with Crippen LogP contribution < -0.4 is 0 Å². The molecule has 0 amide bonds. The van der Waals surface area contributed by atoms with Crippen molar-refractivity contribution in [2.24, 2.45) is 5.16 Å². The Morgan fingerprint density at radius 3 is 2.25 bits per heavy atom. The molecule has 0 bridgehead atoms. The van der Waals surface area contributed by atoms with E-state index in [1.165, 1.54) is 6.26 Å². The van der Waals surface area contributed by atoms with Crippen molar-refractivity contribution in [1.82, 2.24) is 0 Å². The number of hydrogen-bond acceptors (Lipinski definition) is 3. The molecular formula is C15H9Cl3F3NO2. The maximum Gasteiger partial charge on any atom is 0.435 e. The van der Waals surface area contributed by atoms with Crippen LogP contribution in [0.2, 0.25) is 15.1 Å². The molecule has 2 heterocycles. The third-order valence-electron chi connectivity index (χ3n) is 3.65. The van der Waals surface area contributed by atoms with Crippen molar-refractivity contribution in [3.05, 3.63) is 56.4 Å². The SMILES string of the molecule is Cc1coc(C2=NOC(c3cc(Cl)c(Cl)c(Cl)c3)(C(F)(F)F)C2)c1. The minimum Gasteiger partial charge on any atom is -0.463 e. The molecule has 1 aliphatic rings. The van der Waals surface area contributed by atoms with Gasteiger partial charge in [-0.15, -0.1) is 0 Å². The summed E-state index contributed by atoms with van der Waals surface area (Å²) in [6.45, 7) is 1.75. The molecular weight excluding hydrogens is 390 g/mol. The van der Waals surface area contributed by atoms with Crippen molar-refractivity contribution in [2.45, 2.75) is 25.1 Å². The van der Waals surface area contributed by atoms with Gasteiger partial charge in [-0.1, -0.05) is 40.0 Å². The molecule has 0 N–H and O–H groups in total. The zero-order chi connectivity index (χ0) is 17.7. The van der Waals surface area contributed by atoms with E-state index in [0.29, 0.717) is 0 Å². The molecule has 3 rings (SSSR count). The molecule has 9 heteroatoms. The van der Waals surface area contributed by atoms with E-state index in [1.54, 1.807) is 13.0 Å². The molecule has 1 aliphatic heterocycles. The highest BCUT2D eigenvalue weighted by Crippen LogP contribution is 2.50. The summed E-state index contributed by atoms with van der Waals surface area (Å²) in [6.07, 6.45) is -3.92. The normalized spacial score (nSPS) is 20.9. The number of oxime groups is 1. The highest BCUT2D eigenvalue weighted by atomic mass is 35.5. The molecule has 1 unspecified atom stereocenters. The van der Waals surface area contributed by atoms with Gasteiger partial charge < -0.3 is 9.25 Å². The molecule has 3 nitrogen and oxygen atoms in total. The Balaban J connectivity index is 2.07. The second-order valence-corrected chi connectivity index (χ2v) is 6.57. The Morgan fingerprint density at radius 1 is 1.12 bits per heavy atom. The average molecular weight is 399 g/mol. The van der Waals surface area contributed by atoms with Crippen molar-refractivity contribution in [2.75, 3.05) is 0 Å². The van der Waals surface area contributed by atoms with Gasteiger partial charge in [0.15, 0.2) is 5.76 Å². The number of rotatable bonds is 2. The van der Waals surface area contributed by atoms with Gasteiger partial charge in [0.1, 0.15) is 5.71 Å². The van der Waals surface area contributed by atoms with Crippen LogP contribution in [-0.2, 0) is 10.4 Å². The number of nitrogens with zero attached hydrogens (tertiary/aromatic N) is 1. The Morgan fingerprint density at radius 2 is 1.75 bits per heavy atom. The Kier molecular flexibility index (Phi) is 4.26. The van der Waals surface area contributed by atoms with Crippen LogP contribution >= 0.6 is 34.8 Å². The lowest BCUT2D eigenvalue weighted by atomic mass is 9.87. The zero-order valence-electron chi connectivity index (χ0n) is 12.0. The standard InChI is InChI=1S/C15H9Cl3F3NO2/c1-7-2-12(23-6-7)11-5-14(24-22-11,15(19,20)21)8-3-9(16)13(18)10(17)4-8/h2-4,6H,5H2,1H3. The summed E-state index contributed by atoms with van der Waals surface area (Å²) >= 11 is 17.6. The molecule has 0 fully saturated rings. The second-order valence-electron chi connectivity index (χ2n) is 5.37. The largest absolute Gasteiger partial charge is 0.463 e. The summed E-state index contributed by atoms with van der Waals surface area (Å²) < 4.78 is 46.6. The van der Waals surface area contributed by atoms with Crippen LogP contribution in [0.25, 0.3) is 0 Å². The molecule has 1 aromatic carbocycles. The van der Waals surface area contributed by atoms with Crippen molar-refractivity contribution in [1.29, 1.82) is 0 Å². The van der Waals surface area contributed by atoms with Crippen molar-refractivity contribution in [3.63, 3.8) is 0 Å². The minimum atomic E-state index is -4.76. The van der Waals surface area contributed by atoms with E-state index < -0.39 is 18.2 Å². The third-order valence-corrected chi connectivity index (χ3v) is 4.85. The summed E-state index contributed by atoms with van der Waals surface area (Å²) in [7, 11) is 0. The second kappa shape index (κ2) is 5.86. The third kappa shape index (κ3) is 2.76. The van der Waals surface area contributed by atoms with Gasteiger partial charge in [-0.2, -0.15) is 13.2 Å². The topological polar surface area (TPSA) is 34.7 Å². The Labute approximate surface area is 149 Å². The van der Waals surface area contributed by atoms with Gasteiger partial charge in [-0.05, 0) is 30.7 Å². The summed E-state index contributed by atoms with van der Waals surface area (Å²) in [5.41, 5.74) is -2.19. The van der Waals surface area contributed by atoms with Crippen LogP contribution in [-0.4, -0.2) is 11.9 Å². The van der Waals surface area contributed by atoms with E-state index in [0.717, 1.165) is 17.7 Å². The molecule has 0 saturated heterocycles. The van der Waals surface area contributed by atoms with Gasteiger partial charge in [0, 0.05) is 5.56 Å². The monoisotopic (exact) mass is 397 g/mol. The van der Waals surface area contributed by atoms with Gasteiger partial charge >= 0.3 is 6.18 Å². The summed E-state index contributed by atoms with van der Waals surface area (Å²) in [5, 5.41) is 3.35. The predicted molar refractivity (Wildman–Crippen MR) is 84.9 cm³/mol. The van der Waals surface area contributed by atoms with Crippen molar-refractivity contribution in [3.8, 4) is 0 Å². The zero-order valence-corrected chi connectivity index (χ0v) is 14.3. The molecule has 128 valence electrons. The van der Waals surface area contributed by atoms with Crippen molar-refractivity contribution < 1.29 is 22.4 Å². The molecule has 0 aliphatic carbocycles. The first-order valence-electron chi connectivity index (χ1n) is 6.66. The van der Waals surface area contributed by atoms with Gasteiger partial charge in [0.25, 0.3) is 5.60 Å². The van der Waals surface area contributed by atoms with Gasteiger partial charge in [0.2, 0.25) is 0 Å².